The Kier molecular flexibility index (Phi) is 7.69. The van der Waals surface area contributed by atoms with Gasteiger partial charge in [-0.25, -0.2) is 0 Å². The van der Waals surface area contributed by atoms with Gasteiger partial charge < -0.3 is 0 Å². The molecule has 0 heterocycles. The lowest BCUT2D eigenvalue weighted by atomic mass is 9.80. The maximum absolute atomic E-state index is 3.71. The third-order valence-corrected chi connectivity index (χ3v) is 5.15. The van der Waals surface area contributed by atoms with Gasteiger partial charge in [-0.2, -0.15) is 0 Å². The van der Waals surface area contributed by atoms with Crippen molar-refractivity contribution in [1.82, 2.24) is 4.90 Å². The van der Waals surface area contributed by atoms with E-state index >= 15 is 0 Å². The molecular weight excluding hydrogens is 278 g/mol. The summed E-state index contributed by atoms with van der Waals surface area (Å²) in [5, 5.41) is 0. The van der Waals surface area contributed by atoms with Gasteiger partial charge in [-0.1, -0.05) is 81.7 Å². The molecule has 2 rings (SSSR count). The molecule has 0 bridgehead atoms. The van der Waals surface area contributed by atoms with Crippen LogP contribution in [0.4, 0.5) is 0 Å². The number of unbranched alkanes of at least 4 members (excludes halogenated alkanes) is 4. The van der Waals surface area contributed by atoms with E-state index < -0.39 is 0 Å². The van der Waals surface area contributed by atoms with Crippen molar-refractivity contribution in [1.29, 1.82) is 0 Å². The first-order valence-corrected chi connectivity index (χ1v) is 9.52. The van der Waals surface area contributed by atoms with Crippen LogP contribution in [-0.4, -0.2) is 17.5 Å². The highest BCUT2D eigenvalue weighted by Crippen LogP contribution is 2.33. The molecule has 23 heavy (non-hydrogen) atoms. The van der Waals surface area contributed by atoms with Crippen molar-refractivity contribution in [3.63, 3.8) is 0 Å². The predicted molar refractivity (Wildman–Crippen MR) is 100 cm³/mol. The number of nitrogens with zero attached hydrogens (tertiary/aromatic N) is 1. The molecule has 1 aliphatic carbocycles. The molecule has 0 radical (unpaired) electrons. The maximum Gasteiger partial charge on any atom is 0.0826 e. The largest absolute Gasteiger partial charge is 0.286 e. The summed E-state index contributed by atoms with van der Waals surface area (Å²) in [5.74, 6) is 7.24. The molecule has 0 aromatic heterocycles. The second-order valence-corrected chi connectivity index (χ2v) is 7.05. The summed E-state index contributed by atoms with van der Waals surface area (Å²) in [6.45, 7) is 3.27. The number of rotatable bonds is 7. The van der Waals surface area contributed by atoms with E-state index in [0.717, 1.165) is 13.0 Å². The number of benzene rings is 1. The van der Waals surface area contributed by atoms with Crippen molar-refractivity contribution in [3.05, 3.63) is 35.9 Å². The fraction of sp³-hybridized carbons (Fsp3) is 0.636. The summed E-state index contributed by atoms with van der Waals surface area (Å²) < 4.78 is 0. The minimum Gasteiger partial charge on any atom is -0.286 e. The van der Waals surface area contributed by atoms with E-state index in [1.807, 2.05) is 0 Å². The highest BCUT2D eigenvalue weighted by atomic mass is 15.2. The van der Waals surface area contributed by atoms with E-state index in [2.05, 4.69) is 61.0 Å². The Morgan fingerprint density at radius 2 is 1.74 bits per heavy atom. The summed E-state index contributed by atoms with van der Waals surface area (Å²) in [6.07, 6.45) is 12.8. The second kappa shape index (κ2) is 9.78. The van der Waals surface area contributed by atoms with Crippen LogP contribution < -0.4 is 0 Å². The molecule has 0 amide bonds. The Hall–Kier alpha value is -1.26. The minimum absolute atomic E-state index is 0.110. The molecule has 0 atom stereocenters. The lowest BCUT2D eigenvalue weighted by Crippen LogP contribution is -2.46. The first-order valence-electron chi connectivity index (χ1n) is 9.52. The third kappa shape index (κ3) is 5.70. The van der Waals surface area contributed by atoms with Crippen LogP contribution in [0.3, 0.4) is 0 Å². The van der Waals surface area contributed by atoms with Crippen molar-refractivity contribution in [3.8, 4) is 11.8 Å². The van der Waals surface area contributed by atoms with Crippen LogP contribution in [0.5, 0.6) is 0 Å². The second-order valence-electron chi connectivity index (χ2n) is 7.05. The molecule has 1 aliphatic rings. The van der Waals surface area contributed by atoms with Gasteiger partial charge in [0.25, 0.3) is 0 Å². The van der Waals surface area contributed by atoms with Gasteiger partial charge in [0.15, 0.2) is 0 Å². The normalized spacial score (nSPS) is 16.8. The highest BCUT2D eigenvalue weighted by molar-refractivity contribution is 5.21. The summed E-state index contributed by atoms with van der Waals surface area (Å²) in [4.78, 5) is 2.51. The quantitative estimate of drug-likeness (QED) is 0.454. The van der Waals surface area contributed by atoms with E-state index in [1.54, 1.807) is 0 Å². The Balaban J connectivity index is 1.98. The van der Waals surface area contributed by atoms with E-state index in [0.29, 0.717) is 0 Å². The van der Waals surface area contributed by atoms with Crippen LogP contribution in [0.15, 0.2) is 30.3 Å². The fourth-order valence-electron chi connectivity index (χ4n) is 3.61. The van der Waals surface area contributed by atoms with E-state index in [-0.39, 0.29) is 5.54 Å². The molecular formula is C22H33N. The summed E-state index contributed by atoms with van der Waals surface area (Å²) >= 11 is 0. The Morgan fingerprint density at radius 3 is 2.43 bits per heavy atom. The molecule has 1 fully saturated rings. The smallest absolute Gasteiger partial charge is 0.0826 e. The molecule has 0 aliphatic heterocycles. The average Bonchev–Trinajstić information content (AvgIpc) is 2.60. The molecule has 0 N–H and O–H groups in total. The molecule has 1 aromatic carbocycles. The van der Waals surface area contributed by atoms with E-state index in [1.165, 1.54) is 63.4 Å². The van der Waals surface area contributed by atoms with Crippen LogP contribution in [0, 0.1) is 11.8 Å². The highest BCUT2D eigenvalue weighted by Gasteiger charge is 2.34. The van der Waals surface area contributed by atoms with Gasteiger partial charge in [0.05, 0.1) is 5.54 Å². The monoisotopic (exact) mass is 311 g/mol. The van der Waals surface area contributed by atoms with Crippen LogP contribution >= 0.6 is 0 Å². The molecule has 126 valence electrons. The number of hydrogen-bond acceptors (Lipinski definition) is 1. The van der Waals surface area contributed by atoms with Crippen LogP contribution in [0.1, 0.15) is 76.7 Å². The molecule has 1 nitrogen and oxygen atoms in total. The maximum atomic E-state index is 3.71. The zero-order valence-electron chi connectivity index (χ0n) is 15.1. The molecule has 0 saturated heterocycles. The molecule has 0 spiro atoms. The fourth-order valence-corrected chi connectivity index (χ4v) is 3.61. The van der Waals surface area contributed by atoms with Gasteiger partial charge in [0.2, 0.25) is 0 Å². The van der Waals surface area contributed by atoms with Crippen molar-refractivity contribution >= 4 is 0 Å². The summed E-state index contributed by atoms with van der Waals surface area (Å²) in [5.41, 5.74) is 1.50. The zero-order chi connectivity index (χ0) is 16.4. The van der Waals surface area contributed by atoms with Gasteiger partial charge in [0.1, 0.15) is 0 Å². The first kappa shape index (κ1) is 18.1. The Labute approximate surface area is 143 Å². The number of hydrogen-bond donors (Lipinski definition) is 0. The van der Waals surface area contributed by atoms with Crippen LogP contribution in [0.25, 0.3) is 0 Å². The topological polar surface area (TPSA) is 3.24 Å². The van der Waals surface area contributed by atoms with E-state index in [4.69, 9.17) is 0 Å². The van der Waals surface area contributed by atoms with Gasteiger partial charge in [-0.05, 0) is 31.9 Å². The van der Waals surface area contributed by atoms with Gasteiger partial charge >= 0.3 is 0 Å². The SMILES string of the molecule is CCCCCCC#CC1(N(C)Cc2ccccc2)CCCCC1. The molecule has 1 saturated carbocycles. The van der Waals surface area contributed by atoms with Crippen molar-refractivity contribution in [2.45, 2.75) is 83.2 Å². The lowest BCUT2D eigenvalue weighted by molar-refractivity contribution is 0.122. The van der Waals surface area contributed by atoms with Crippen molar-refractivity contribution < 1.29 is 0 Å². The van der Waals surface area contributed by atoms with Crippen molar-refractivity contribution in [2.24, 2.45) is 0 Å². The standard InChI is InChI=1S/C22H33N/c1-3-4-5-6-7-12-17-22(18-13-9-14-19-22)23(2)20-21-15-10-8-11-16-21/h8,10-11,15-16H,3-7,9,13-14,18-20H2,1-2H3. The predicted octanol–water partition coefficient (Wildman–Crippen LogP) is 5.80. The third-order valence-electron chi connectivity index (χ3n) is 5.15. The lowest BCUT2D eigenvalue weighted by Gasteiger charge is -2.41. The van der Waals surface area contributed by atoms with Crippen LogP contribution in [-0.2, 0) is 6.54 Å². The zero-order valence-corrected chi connectivity index (χ0v) is 15.1. The minimum atomic E-state index is 0.110. The van der Waals surface area contributed by atoms with E-state index in [9.17, 15) is 0 Å². The summed E-state index contributed by atoms with van der Waals surface area (Å²) in [7, 11) is 2.27. The molecule has 0 unspecified atom stereocenters. The van der Waals surface area contributed by atoms with Gasteiger partial charge in [-0.15, -0.1) is 5.92 Å². The Morgan fingerprint density at radius 1 is 1.00 bits per heavy atom. The summed E-state index contributed by atoms with van der Waals surface area (Å²) in [6, 6.07) is 10.8. The van der Waals surface area contributed by atoms with Crippen molar-refractivity contribution in [2.75, 3.05) is 7.05 Å². The first-order chi connectivity index (χ1) is 11.3. The van der Waals surface area contributed by atoms with Crippen LogP contribution in [0.2, 0.25) is 0 Å². The average molecular weight is 312 g/mol. The molecule has 1 aromatic rings. The van der Waals surface area contributed by atoms with Gasteiger partial charge in [-0.3, -0.25) is 4.90 Å². The Bertz CT molecular complexity index is 488. The van der Waals surface area contributed by atoms with Gasteiger partial charge in [0, 0.05) is 13.0 Å². The molecule has 1 heteroatoms.